The number of hydrogen-bond donors (Lipinski definition) is 4. The molecule has 0 unspecified atom stereocenters. The molecule has 1 saturated heterocycles. The smallest absolute Gasteiger partial charge is 0.407 e. The number of nitrogens with two attached hydrogens (primary N) is 1. The van der Waals surface area contributed by atoms with E-state index in [1.54, 1.807) is 32.9 Å². The first-order chi connectivity index (χ1) is 21.2. The topological polar surface area (TPSA) is 129 Å². The Balaban J connectivity index is 1.50. The molecular formula is C33H40ClFN6O4. The minimum Gasteiger partial charge on any atom is -0.444 e. The maximum Gasteiger partial charge on any atom is 0.407 e. The Morgan fingerprint density at radius 1 is 0.978 bits per heavy atom. The summed E-state index contributed by atoms with van der Waals surface area (Å²) in [4.78, 5) is 42.1. The van der Waals surface area contributed by atoms with Crippen molar-refractivity contribution >= 4 is 52.3 Å². The summed E-state index contributed by atoms with van der Waals surface area (Å²) in [5, 5.41) is 8.39. The van der Waals surface area contributed by atoms with Gasteiger partial charge in [-0.15, -0.1) is 0 Å². The lowest BCUT2D eigenvalue weighted by molar-refractivity contribution is -0.116. The van der Waals surface area contributed by atoms with Gasteiger partial charge in [-0.2, -0.15) is 0 Å². The molecule has 5 N–H and O–H groups in total. The highest BCUT2D eigenvalue weighted by Gasteiger charge is 2.22. The normalized spacial score (nSPS) is 13.7. The van der Waals surface area contributed by atoms with Gasteiger partial charge in [-0.3, -0.25) is 9.59 Å². The van der Waals surface area contributed by atoms with Crippen LogP contribution in [0.25, 0.3) is 11.1 Å². The van der Waals surface area contributed by atoms with Crippen LogP contribution >= 0.6 is 11.6 Å². The van der Waals surface area contributed by atoms with Gasteiger partial charge < -0.3 is 36.2 Å². The summed E-state index contributed by atoms with van der Waals surface area (Å²) >= 11 is 6.35. The molecule has 0 saturated carbocycles. The Labute approximate surface area is 268 Å². The molecule has 3 aromatic carbocycles. The Morgan fingerprint density at radius 3 is 2.27 bits per heavy atom. The highest BCUT2D eigenvalue weighted by molar-refractivity contribution is 6.35. The lowest BCUT2D eigenvalue weighted by Gasteiger charge is -2.35. The molecule has 1 fully saturated rings. The molecule has 10 nitrogen and oxygen atoms in total. The number of halogens is 2. The number of piperazine rings is 1. The van der Waals surface area contributed by atoms with E-state index in [9.17, 15) is 18.8 Å². The van der Waals surface area contributed by atoms with Crippen LogP contribution in [0.3, 0.4) is 0 Å². The number of anilines is 4. The van der Waals surface area contributed by atoms with Crippen molar-refractivity contribution in [2.24, 2.45) is 0 Å². The predicted molar refractivity (Wildman–Crippen MR) is 178 cm³/mol. The van der Waals surface area contributed by atoms with E-state index in [4.69, 9.17) is 22.1 Å². The fourth-order valence-corrected chi connectivity index (χ4v) is 5.08. The highest BCUT2D eigenvalue weighted by atomic mass is 35.5. The standard InChI is InChI=1S/C33H40ClFN6O4/c1-20-29(34)24(19-25(36)30(20)35)31(43)39-26-18-22(8-11-27(26)41-16-14-40(5)15-17-41)21-6-9-23(10-7-21)38-28(42)12-13-37-32(44)45-33(2,3)4/h6-11,18-19H,12-17,36H2,1-5H3,(H,37,44)(H,38,42)(H,39,43). The van der Waals surface area contributed by atoms with Crippen LogP contribution in [0.2, 0.25) is 5.02 Å². The van der Waals surface area contributed by atoms with Crippen LogP contribution in [-0.2, 0) is 9.53 Å². The third-order valence-corrected chi connectivity index (χ3v) is 7.79. The first-order valence-electron chi connectivity index (χ1n) is 14.7. The lowest BCUT2D eigenvalue weighted by atomic mass is 10.0. The van der Waals surface area contributed by atoms with E-state index < -0.39 is 23.4 Å². The zero-order chi connectivity index (χ0) is 32.9. The van der Waals surface area contributed by atoms with Crippen molar-refractivity contribution in [3.63, 3.8) is 0 Å². The molecule has 0 aromatic heterocycles. The van der Waals surface area contributed by atoms with Crippen LogP contribution < -0.4 is 26.6 Å². The molecule has 0 aliphatic carbocycles. The van der Waals surface area contributed by atoms with Gasteiger partial charge in [0.1, 0.15) is 5.60 Å². The van der Waals surface area contributed by atoms with Crippen molar-refractivity contribution in [2.75, 3.05) is 61.0 Å². The van der Waals surface area contributed by atoms with Gasteiger partial charge in [0.25, 0.3) is 5.91 Å². The Bertz CT molecular complexity index is 1570. The summed E-state index contributed by atoms with van der Waals surface area (Å²) in [6, 6.07) is 14.4. The van der Waals surface area contributed by atoms with Gasteiger partial charge in [-0.25, -0.2) is 9.18 Å². The number of carbonyl (C=O) groups is 3. The van der Waals surface area contributed by atoms with Crippen LogP contribution in [0.15, 0.2) is 48.5 Å². The maximum absolute atomic E-state index is 14.3. The van der Waals surface area contributed by atoms with Gasteiger partial charge in [0.2, 0.25) is 5.91 Å². The Hall–Kier alpha value is -4.35. The number of alkyl carbamates (subject to hydrolysis) is 1. The molecule has 1 aliphatic rings. The number of amides is 3. The van der Waals surface area contributed by atoms with Crippen molar-refractivity contribution in [1.82, 2.24) is 10.2 Å². The summed E-state index contributed by atoms with van der Waals surface area (Å²) in [6.07, 6.45) is -0.491. The monoisotopic (exact) mass is 638 g/mol. The van der Waals surface area contributed by atoms with Crippen LogP contribution in [0.1, 0.15) is 43.1 Å². The van der Waals surface area contributed by atoms with E-state index in [0.717, 1.165) is 43.0 Å². The molecule has 4 rings (SSSR count). The minimum absolute atomic E-state index is 0.00904. The number of likely N-dealkylation sites (N-methyl/N-ethyl adjacent to an activating group) is 1. The van der Waals surface area contributed by atoms with Crippen LogP contribution in [-0.4, -0.2) is 68.2 Å². The van der Waals surface area contributed by atoms with Crippen LogP contribution in [0.4, 0.5) is 31.9 Å². The minimum atomic E-state index is -0.645. The molecule has 3 amide bonds. The Kier molecular flexibility index (Phi) is 10.6. The molecule has 240 valence electrons. The van der Waals surface area contributed by atoms with Crippen molar-refractivity contribution in [1.29, 1.82) is 0 Å². The zero-order valence-corrected chi connectivity index (χ0v) is 27.0. The number of hydrogen-bond acceptors (Lipinski definition) is 7. The second kappa shape index (κ2) is 14.2. The van der Waals surface area contributed by atoms with Crippen molar-refractivity contribution < 1.29 is 23.5 Å². The first-order valence-corrected chi connectivity index (χ1v) is 15.1. The summed E-state index contributed by atoms with van der Waals surface area (Å²) in [5.41, 5.74) is 8.97. The van der Waals surface area contributed by atoms with E-state index in [-0.39, 0.29) is 40.7 Å². The summed E-state index contributed by atoms with van der Waals surface area (Å²) in [6.45, 7) is 10.2. The average Bonchev–Trinajstić information content (AvgIpc) is 2.98. The number of ether oxygens (including phenoxy) is 1. The molecular weight excluding hydrogens is 599 g/mol. The first kappa shape index (κ1) is 33.5. The van der Waals surface area contributed by atoms with Crippen molar-refractivity contribution in [2.45, 2.75) is 39.7 Å². The number of benzene rings is 3. The number of nitrogens with one attached hydrogen (secondary N) is 3. The zero-order valence-electron chi connectivity index (χ0n) is 26.2. The van der Waals surface area contributed by atoms with E-state index in [1.807, 2.05) is 30.3 Å². The fourth-order valence-electron chi connectivity index (χ4n) is 4.85. The number of carbonyl (C=O) groups excluding carboxylic acids is 3. The van der Waals surface area contributed by atoms with Gasteiger partial charge >= 0.3 is 6.09 Å². The van der Waals surface area contributed by atoms with E-state index >= 15 is 0 Å². The third kappa shape index (κ3) is 8.86. The fraction of sp³-hybridized carbons (Fsp3) is 0.364. The second-order valence-electron chi connectivity index (χ2n) is 12.0. The van der Waals surface area contributed by atoms with Gasteiger partial charge in [0.05, 0.1) is 27.6 Å². The van der Waals surface area contributed by atoms with Gasteiger partial charge in [0.15, 0.2) is 5.82 Å². The van der Waals surface area contributed by atoms with Gasteiger partial charge in [-0.1, -0.05) is 29.8 Å². The summed E-state index contributed by atoms with van der Waals surface area (Å²) in [7, 11) is 2.07. The Morgan fingerprint density at radius 2 is 1.62 bits per heavy atom. The predicted octanol–water partition coefficient (Wildman–Crippen LogP) is 5.89. The summed E-state index contributed by atoms with van der Waals surface area (Å²) < 4.78 is 19.5. The van der Waals surface area contributed by atoms with Gasteiger partial charge in [-0.05, 0) is 76.2 Å². The average molecular weight is 639 g/mol. The molecule has 12 heteroatoms. The van der Waals surface area contributed by atoms with Crippen molar-refractivity contribution in [3.8, 4) is 11.1 Å². The largest absolute Gasteiger partial charge is 0.444 e. The van der Waals surface area contributed by atoms with E-state index in [2.05, 4.69) is 32.8 Å². The molecule has 45 heavy (non-hydrogen) atoms. The summed E-state index contributed by atoms with van der Waals surface area (Å²) in [5.74, 6) is -1.40. The number of rotatable bonds is 8. The molecule has 0 radical (unpaired) electrons. The molecule has 0 spiro atoms. The molecule has 0 bridgehead atoms. The molecule has 1 heterocycles. The number of nitrogen functional groups attached to an aromatic ring is 1. The van der Waals surface area contributed by atoms with E-state index in [1.165, 1.54) is 13.0 Å². The quantitative estimate of drug-likeness (QED) is 0.226. The molecule has 3 aromatic rings. The maximum atomic E-state index is 14.3. The van der Waals surface area contributed by atoms with Gasteiger partial charge in [0, 0.05) is 50.4 Å². The molecule has 1 aliphatic heterocycles. The van der Waals surface area contributed by atoms with E-state index in [0.29, 0.717) is 11.4 Å². The number of nitrogens with zero attached hydrogens (tertiary/aromatic N) is 2. The van der Waals surface area contributed by atoms with Crippen molar-refractivity contribution in [3.05, 3.63) is 70.5 Å². The van der Waals surface area contributed by atoms with Crippen LogP contribution in [0, 0.1) is 12.7 Å². The highest BCUT2D eigenvalue weighted by Crippen LogP contribution is 2.34. The molecule has 0 atom stereocenters. The SMILES string of the molecule is Cc1c(F)c(N)cc(C(=O)Nc2cc(-c3ccc(NC(=O)CCNC(=O)OC(C)(C)C)cc3)ccc2N2CCN(C)CC2)c1Cl. The lowest BCUT2D eigenvalue weighted by Crippen LogP contribution is -2.44. The van der Waals surface area contributed by atoms with Crippen LogP contribution in [0.5, 0.6) is 0 Å². The second-order valence-corrected chi connectivity index (χ2v) is 12.4. The third-order valence-electron chi connectivity index (χ3n) is 7.30.